The summed E-state index contributed by atoms with van der Waals surface area (Å²) in [5.41, 5.74) is 4.28. The van der Waals surface area contributed by atoms with Crippen LogP contribution in [0.15, 0.2) is 67.4 Å². The lowest BCUT2D eigenvalue weighted by Crippen LogP contribution is -2.33. The highest BCUT2D eigenvalue weighted by Crippen LogP contribution is 2.22. The van der Waals surface area contributed by atoms with Crippen molar-refractivity contribution in [2.75, 3.05) is 31.5 Å². The van der Waals surface area contributed by atoms with Crippen molar-refractivity contribution in [3.05, 3.63) is 72.9 Å². The molecule has 5 heterocycles. The average molecular weight is 442 g/mol. The Morgan fingerprint density at radius 2 is 1.82 bits per heavy atom. The number of fused-ring (bicyclic) bond motifs is 1. The molecule has 8 nitrogen and oxygen atoms in total. The SMILES string of the molecule is CC(=O)N1CCCN(Cc2ccnc(Nc3cn4cc(-c5ccncc5)ccc4n3)c2)CC1. The van der Waals surface area contributed by atoms with E-state index in [0.717, 1.165) is 67.6 Å². The van der Waals surface area contributed by atoms with E-state index in [4.69, 9.17) is 0 Å². The molecule has 0 saturated carbocycles. The molecular formula is C25H27N7O. The first-order valence-electron chi connectivity index (χ1n) is 11.2. The molecule has 0 unspecified atom stereocenters. The van der Waals surface area contributed by atoms with Crippen LogP contribution in [0, 0.1) is 0 Å². The molecule has 0 atom stereocenters. The third-order valence-electron chi connectivity index (χ3n) is 5.99. The number of hydrogen-bond donors (Lipinski definition) is 1. The van der Waals surface area contributed by atoms with Crippen molar-refractivity contribution in [3.63, 3.8) is 0 Å². The third kappa shape index (κ3) is 5.01. The Morgan fingerprint density at radius 3 is 2.67 bits per heavy atom. The summed E-state index contributed by atoms with van der Waals surface area (Å²) in [5, 5.41) is 3.34. The molecule has 1 amide bonds. The molecule has 4 aromatic heterocycles. The van der Waals surface area contributed by atoms with Crippen LogP contribution in [0.25, 0.3) is 16.8 Å². The number of hydrogen-bond acceptors (Lipinski definition) is 6. The van der Waals surface area contributed by atoms with Gasteiger partial charge in [0.2, 0.25) is 5.91 Å². The van der Waals surface area contributed by atoms with Crippen LogP contribution in [0.2, 0.25) is 0 Å². The Kier molecular flexibility index (Phi) is 5.99. The summed E-state index contributed by atoms with van der Waals surface area (Å²) in [6.45, 7) is 5.98. The quantitative estimate of drug-likeness (QED) is 0.510. The summed E-state index contributed by atoms with van der Waals surface area (Å²) >= 11 is 0. The largest absolute Gasteiger partial charge is 0.342 e. The van der Waals surface area contributed by atoms with Gasteiger partial charge in [-0.05, 0) is 59.5 Å². The number of carbonyl (C=O) groups excluding carboxylic acids is 1. The Bertz CT molecular complexity index is 1250. The maximum absolute atomic E-state index is 11.7. The van der Waals surface area contributed by atoms with Crippen molar-refractivity contribution in [3.8, 4) is 11.1 Å². The molecule has 4 aromatic rings. The molecule has 0 radical (unpaired) electrons. The standard InChI is InChI=1S/C25H27N7O/c1-19(33)31-12-2-11-30(13-14-31)16-20-5-10-27-23(15-20)28-24-18-32-17-22(3-4-25(32)29-24)21-6-8-26-9-7-21/h3-10,15,17-18H,2,11-14,16H2,1H3,(H,27,28). The van der Waals surface area contributed by atoms with Crippen LogP contribution in [0.5, 0.6) is 0 Å². The molecular weight excluding hydrogens is 414 g/mol. The van der Waals surface area contributed by atoms with Gasteiger partial charge in [-0.1, -0.05) is 0 Å². The van der Waals surface area contributed by atoms with E-state index in [0.29, 0.717) is 0 Å². The fraction of sp³-hybridized carbons (Fsp3) is 0.280. The lowest BCUT2D eigenvalue weighted by atomic mass is 10.1. The second-order valence-corrected chi connectivity index (χ2v) is 8.36. The third-order valence-corrected chi connectivity index (χ3v) is 5.99. The lowest BCUT2D eigenvalue weighted by Gasteiger charge is -2.21. The van der Waals surface area contributed by atoms with Gasteiger partial charge in [-0.3, -0.25) is 14.7 Å². The maximum Gasteiger partial charge on any atom is 0.219 e. The van der Waals surface area contributed by atoms with E-state index in [9.17, 15) is 4.79 Å². The summed E-state index contributed by atoms with van der Waals surface area (Å²) in [6, 6.07) is 12.2. The summed E-state index contributed by atoms with van der Waals surface area (Å²) in [7, 11) is 0. The molecule has 168 valence electrons. The zero-order valence-electron chi connectivity index (χ0n) is 18.7. The van der Waals surface area contributed by atoms with E-state index in [-0.39, 0.29) is 5.91 Å². The highest BCUT2D eigenvalue weighted by Gasteiger charge is 2.16. The monoisotopic (exact) mass is 441 g/mol. The van der Waals surface area contributed by atoms with Gasteiger partial charge in [-0.15, -0.1) is 0 Å². The van der Waals surface area contributed by atoms with Crippen molar-refractivity contribution < 1.29 is 4.79 Å². The molecule has 0 aromatic carbocycles. The first-order valence-corrected chi connectivity index (χ1v) is 11.2. The Morgan fingerprint density at radius 1 is 0.939 bits per heavy atom. The Labute approximate surface area is 192 Å². The van der Waals surface area contributed by atoms with Crippen molar-refractivity contribution in [2.45, 2.75) is 19.9 Å². The molecule has 1 N–H and O–H groups in total. The zero-order chi connectivity index (χ0) is 22.6. The van der Waals surface area contributed by atoms with Crippen molar-refractivity contribution in [2.24, 2.45) is 0 Å². The minimum absolute atomic E-state index is 0.160. The molecule has 0 spiro atoms. The topological polar surface area (TPSA) is 78.7 Å². The second kappa shape index (κ2) is 9.38. The predicted molar refractivity (Wildman–Crippen MR) is 128 cm³/mol. The van der Waals surface area contributed by atoms with Crippen LogP contribution < -0.4 is 5.32 Å². The molecule has 33 heavy (non-hydrogen) atoms. The van der Waals surface area contributed by atoms with Crippen molar-refractivity contribution >= 4 is 23.2 Å². The van der Waals surface area contributed by atoms with E-state index in [1.54, 1.807) is 19.3 Å². The highest BCUT2D eigenvalue weighted by atomic mass is 16.2. The Hall–Kier alpha value is -3.78. The van der Waals surface area contributed by atoms with Gasteiger partial charge in [-0.2, -0.15) is 0 Å². The maximum atomic E-state index is 11.7. The van der Waals surface area contributed by atoms with Gasteiger partial charge in [0.1, 0.15) is 11.5 Å². The Balaban J connectivity index is 1.28. The summed E-state index contributed by atoms with van der Waals surface area (Å²) < 4.78 is 2.01. The van der Waals surface area contributed by atoms with Crippen LogP contribution >= 0.6 is 0 Å². The fourth-order valence-electron chi connectivity index (χ4n) is 4.24. The summed E-state index contributed by atoms with van der Waals surface area (Å²) in [5.74, 6) is 1.68. The first-order chi connectivity index (χ1) is 16.1. The molecule has 1 fully saturated rings. The van der Waals surface area contributed by atoms with Crippen LogP contribution in [0.1, 0.15) is 18.9 Å². The van der Waals surface area contributed by atoms with E-state index in [1.165, 1.54) is 5.56 Å². The lowest BCUT2D eigenvalue weighted by molar-refractivity contribution is -0.128. The van der Waals surface area contributed by atoms with Crippen LogP contribution in [0.3, 0.4) is 0 Å². The number of anilines is 2. The van der Waals surface area contributed by atoms with Crippen LogP contribution in [0.4, 0.5) is 11.6 Å². The molecule has 1 aliphatic heterocycles. The van der Waals surface area contributed by atoms with Gasteiger partial charge in [0.05, 0.1) is 6.20 Å². The minimum Gasteiger partial charge on any atom is -0.342 e. The van der Waals surface area contributed by atoms with E-state index >= 15 is 0 Å². The van der Waals surface area contributed by atoms with Crippen LogP contribution in [-0.2, 0) is 11.3 Å². The number of nitrogens with one attached hydrogen (secondary N) is 1. The second-order valence-electron chi connectivity index (χ2n) is 8.36. The molecule has 0 bridgehead atoms. The first kappa shape index (κ1) is 21.1. The molecule has 0 aliphatic carbocycles. The van der Waals surface area contributed by atoms with E-state index in [1.807, 2.05) is 46.0 Å². The van der Waals surface area contributed by atoms with E-state index < -0.39 is 0 Å². The van der Waals surface area contributed by atoms with Crippen LogP contribution in [-0.4, -0.2) is 61.2 Å². The molecule has 5 rings (SSSR count). The molecule has 1 saturated heterocycles. The van der Waals surface area contributed by atoms with Crippen molar-refractivity contribution in [1.29, 1.82) is 0 Å². The summed E-state index contributed by atoms with van der Waals surface area (Å²) in [6.07, 6.45) is 10.5. The van der Waals surface area contributed by atoms with Gasteiger partial charge in [0.25, 0.3) is 0 Å². The van der Waals surface area contributed by atoms with E-state index in [2.05, 4.69) is 43.5 Å². The minimum atomic E-state index is 0.160. The van der Waals surface area contributed by atoms with Gasteiger partial charge < -0.3 is 14.6 Å². The number of aromatic nitrogens is 4. The average Bonchev–Trinajstić information content (AvgIpc) is 3.07. The number of carbonyl (C=O) groups is 1. The van der Waals surface area contributed by atoms with Gasteiger partial charge in [-0.25, -0.2) is 9.97 Å². The zero-order valence-corrected chi connectivity index (χ0v) is 18.7. The number of amides is 1. The molecule has 8 heteroatoms. The van der Waals surface area contributed by atoms with Gasteiger partial charge >= 0.3 is 0 Å². The highest BCUT2D eigenvalue weighted by molar-refractivity contribution is 5.73. The molecule has 1 aliphatic rings. The van der Waals surface area contributed by atoms with Gasteiger partial charge in [0, 0.05) is 64.4 Å². The number of rotatable bonds is 5. The number of pyridine rings is 3. The fourth-order valence-corrected chi connectivity index (χ4v) is 4.24. The number of imidazole rings is 1. The predicted octanol–water partition coefficient (Wildman–Crippen LogP) is 3.59. The summed E-state index contributed by atoms with van der Waals surface area (Å²) in [4.78, 5) is 29.2. The normalized spacial score (nSPS) is 14.9. The van der Waals surface area contributed by atoms with Crippen molar-refractivity contribution in [1.82, 2.24) is 29.2 Å². The smallest absolute Gasteiger partial charge is 0.219 e. The number of nitrogens with zero attached hydrogens (tertiary/aromatic N) is 6. The van der Waals surface area contributed by atoms with Gasteiger partial charge in [0.15, 0.2) is 5.82 Å².